The van der Waals surface area contributed by atoms with Crippen molar-refractivity contribution in [2.75, 3.05) is 7.11 Å². The summed E-state index contributed by atoms with van der Waals surface area (Å²) in [6.07, 6.45) is 1.14. The van der Waals surface area contributed by atoms with Crippen LogP contribution in [0.2, 0.25) is 0 Å². The highest BCUT2D eigenvalue weighted by Gasteiger charge is 2.11. The first-order chi connectivity index (χ1) is 6.15. The van der Waals surface area contributed by atoms with E-state index in [0.717, 1.165) is 0 Å². The number of pyridine rings is 1. The molecule has 0 fully saturated rings. The molecule has 0 radical (unpaired) electrons. The van der Waals surface area contributed by atoms with Crippen LogP contribution >= 0.6 is 0 Å². The van der Waals surface area contributed by atoms with Gasteiger partial charge in [0.2, 0.25) is 5.91 Å². The number of rotatable bonds is 3. The molecule has 0 bridgehead atoms. The summed E-state index contributed by atoms with van der Waals surface area (Å²) in [5.74, 6) is -1.20. The number of nitrogens with two attached hydrogens (primary N) is 1. The van der Waals surface area contributed by atoms with Gasteiger partial charge in [0.25, 0.3) is 0 Å². The molecule has 0 aliphatic heterocycles. The second-order valence-electron chi connectivity index (χ2n) is 2.42. The van der Waals surface area contributed by atoms with Crippen LogP contribution in [0.1, 0.15) is 5.69 Å². The molecule has 1 aromatic heterocycles. The van der Waals surface area contributed by atoms with Gasteiger partial charge >= 0.3 is 0 Å². The molecule has 1 rings (SSSR count). The van der Waals surface area contributed by atoms with Crippen molar-refractivity contribution in [3.05, 3.63) is 23.8 Å². The zero-order chi connectivity index (χ0) is 9.84. The number of methoxy groups -OCH3 is 1. The number of amides is 1. The Morgan fingerprint density at radius 2 is 2.46 bits per heavy atom. The van der Waals surface area contributed by atoms with Crippen LogP contribution in [0.25, 0.3) is 0 Å². The predicted octanol–water partition coefficient (Wildman–Crippen LogP) is 0.257. The maximum Gasteiger partial charge on any atom is 0.223 e. The predicted molar refractivity (Wildman–Crippen MR) is 43.6 cm³/mol. The number of aromatic nitrogens is 1. The fourth-order valence-corrected chi connectivity index (χ4v) is 0.913. The highest BCUT2D eigenvalue weighted by atomic mass is 19.1. The van der Waals surface area contributed by atoms with E-state index in [4.69, 9.17) is 10.5 Å². The lowest BCUT2D eigenvalue weighted by atomic mass is 10.2. The molecule has 2 N–H and O–H groups in total. The van der Waals surface area contributed by atoms with Gasteiger partial charge in [-0.15, -0.1) is 0 Å². The summed E-state index contributed by atoms with van der Waals surface area (Å²) in [4.78, 5) is 14.2. The van der Waals surface area contributed by atoms with Crippen molar-refractivity contribution in [3.63, 3.8) is 0 Å². The molecule has 0 atom stereocenters. The summed E-state index contributed by atoms with van der Waals surface area (Å²) in [5, 5.41) is 0. The smallest absolute Gasteiger partial charge is 0.223 e. The van der Waals surface area contributed by atoms with Gasteiger partial charge in [-0.3, -0.25) is 9.78 Å². The quantitative estimate of drug-likeness (QED) is 0.732. The molecule has 0 aliphatic rings. The number of hydrogen-bond acceptors (Lipinski definition) is 3. The number of hydrogen-bond donors (Lipinski definition) is 1. The molecular weight excluding hydrogens is 175 g/mol. The largest absolute Gasteiger partial charge is 0.494 e. The first-order valence-corrected chi connectivity index (χ1v) is 3.61. The Balaban J connectivity index is 3.01. The molecule has 13 heavy (non-hydrogen) atoms. The fourth-order valence-electron chi connectivity index (χ4n) is 0.913. The van der Waals surface area contributed by atoms with Gasteiger partial charge in [-0.25, -0.2) is 4.39 Å². The third-order valence-corrected chi connectivity index (χ3v) is 1.49. The summed E-state index contributed by atoms with van der Waals surface area (Å²) >= 11 is 0. The van der Waals surface area contributed by atoms with Gasteiger partial charge in [-0.05, 0) is 0 Å². The second kappa shape index (κ2) is 3.84. The summed E-state index contributed by atoms with van der Waals surface area (Å²) < 4.78 is 17.9. The van der Waals surface area contributed by atoms with Crippen LogP contribution in [0.15, 0.2) is 12.3 Å². The van der Waals surface area contributed by atoms with Gasteiger partial charge in [0.1, 0.15) is 0 Å². The lowest BCUT2D eigenvalue weighted by molar-refractivity contribution is -0.117. The Kier molecular flexibility index (Phi) is 2.79. The fraction of sp³-hybridized carbons (Fsp3) is 0.250. The van der Waals surface area contributed by atoms with Gasteiger partial charge in [0.15, 0.2) is 11.6 Å². The van der Waals surface area contributed by atoms with Crippen molar-refractivity contribution in [2.24, 2.45) is 5.73 Å². The molecule has 0 unspecified atom stereocenters. The van der Waals surface area contributed by atoms with Crippen molar-refractivity contribution in [3.8, 4) is 5.75 Å². The first kappa shape index (κ1) is 9.44. The van der Waals surface area contributed by atoms with Crippen molar-refractivity contribution >= 4 is 5.91 Å². The lowest BCUT2D eigenvalue weighted by Gasteiger charge is -2.03. The van der Waals surface area contributed by atoms with Gasteiger partial charge in [0.05, 0.1) is 19.2 Å². The Morgan fingerprint density at radius 3 is 3.00 bits per heavy atom. The SMILES string of the molecule is COc1ccnc(CC(N)=O)c1F. The van der Waals surface area contributed by atoms with E-state index < -0.39 is 11.7 Å². The van der Waals surface area contributed by atoms with E-state index in [9.17, 15) is 9.18 Å². The number of carbonyl (C=O) groups excluding carboxylic acids is 1. The van der Waals surface area contributed by atoms with Gasteiger partial charge in [-0.2, -0.15) is 0 Å². The summed E-state index contributed by atoms with van der Waals surface area (Å²) in [5.41, 5.74) is 4.90. The molecular formula is C8H9FN2O2. The molecule has 0 aromatic carbocycles. The molecule has 0 spiro atoms. The Bertz CT molecular complexity index is 328. The summed E-state index contributed by atoms with van der Waals surface area (Å²) in [7, 11) is 1.34. The molecule has 70 valence electrons. The van der Waals surface area contributed by atoms with E-state index in [2.05, 4.69) is 4.98 Å². The second-order valence-corrected chi connectivity index (χ2v) is 2.42. The van der Waals surface area contributed by atoms with Gasteiger partial charge < -0.3 is 10.5 Å². The van der Waals surface area contributed by atoms with Crippen LogP contribution in [0.3, 0.4) is 0 Å². The third kappa shape index (κ3) is 2.14. The number of nitrogens with zero attached hydrogens (tertiary/aromatic N) is 1. The third-order valence-electron chi connectivity index (χ3n) is 1.49. The molecule has 0 saturated heterocycles. The molecule has 5 heteroatoms. The molecule has 1 aromatic rings. The molecule has 4 nitrogen and oxygen atoms in total. The van der Waals surface area contributed by atoms with Crippen molar-refractivity contribution in [1.29, 1.82) is 0 Å². The highest BCUT2D eigenvalue weighted by molar-refractivity contribution is 5.76. The number of carbonyl (C=O) groups is 1. The van der Waals surface area contributed by atoms with Crippen LogP contribution < -0.4 is 10.5 Å². The van der Waals surface area contributed by atoms with E-state index >= 15 is 0 Å². The van der Waals surface area contributed by atoms with E-state index in [0.29, 0.717) is 0 Å². The zero-order valence-corrected chi connectivity index (χ0v) is 7.08. The Hall–Kier alpha value is -1.65. The minimum absolute atomic E-state index is 0.00634. The minimum atomic E-state index is -0.635. The average Bonchev–Trinajstić information content (AvgIpc) is 2.08. The Morgan fingerprint density at radius 1 is 1.77 bits per heavy atom. The van der Waals surface area contributed by atoms with Crippen LogP contribution in [-0.2, 0) is 11.2 Å². The van der Waals surface area contributed by atoms with Crippen LogP contribution in [0.4, 0.5) is 4.39 Å². The topological polar surface area (TPSA) is 65.2 Å². The molecule has 0 saturated carbocycles. The van der Waals surface area contributed by atoms with Crippen molar-refractivity contribution in [2.45, 2.75) is 6.42 Å². The summed E-state index contributed by atoms with van der Waals surface area (Å²) in [6.45, 7) is 0. The highest BCUT2D eigenvalue weighted by Crippen LogP contribution is 2.17. The average molecular weight is 184 g/mol. The molecule has 1 heterocycles. The molecule has 0 aliphatic carbocycles. The number of ether oxygens (including phenoxy) is 1. The molecule has 1 amide bonds. The maximum absolute atomic E-state index is 13.2. The first-order valence-electron chi connectivity index (χ1n) is 3.61. The summed E-state index contributed by atoms with van der Waals surface area (Å²) in [6, 6.07) is 1.37. The van der Waals surface area contributed by atoms with Gasteiger partial charge in [0, 0.05) is 12.3 Å². The van der Waals surface area contributed by atoms with Crippen LogP contribution in [-0.4, -0.2) is 18.0 Å². The Labute approximate surface area is 74.5 Å². The number of primary amides is 1. The van der Waals surface area contributed by atoms with Crippen molar-refractivity contribution in [1.82, 2.24) is 4.98 Å². The zero-order valence-electron chi connectivity index (χ0n) is 7.08. The lowest BCUT2D eigenvalue weighted by Crippen LogP contribution is -2.15. The van der Waals surface area contributed by atoms with Crippen LogP contribution in [0.5, 0.6) is 5.75 Å². The van der Waals surface area contributed by atoms with E-state index in [-0.39, 0.29) is 17.9 Å². The minimum Gasteiger partial charge on any atom is -0.494 e. The number of halogens is 1. The van der Waals surface area contributed by atoms with Crippen LogP contribution in [0, 0.1) is 5.82 Å². The van der Waals surface area contributed by atoms with E-state index in [1.54, 1.807) is 0 Å². The van der Waals surface area contributed by atoms with Gasteiger partial charge in [-0.1, -0.05) is 0 Å². The van der Waals surface area contributed by atoms with E-state index in [1.807, 2.05) is 0 Å². The standard InChI is InChI=1S/C8H9FN2O2/c1-13-6-2-3-11-5(8(6)9)4-7(10)12/h2-3H,4H2,1H3,(H2,10,12). The normalized spacial score (nSPS) is 9.69. The maximum atomic E-state index is 13.2. The van der Waals surface area contributed by atoms with Crippen molar-refractivity contribution < 1.29 is 13.9 Å². The van der Waals surface area contributed by atoms with E-state index in [1.165, 1.54) is 19.4 Å². The monoisotopic (exact) mass is 184 g/mol.